The van der Waals surface area contributed by atoms with Crippen LogP contribution in [-0.4, -0.2) is 78.3 Å². The molecular weight excluding hydrogens is 510 g/mol. The third kappa shape index (κ3) is 5.98. The number of carbonyl (C=O) groups is 2. The highest BCUT2D eigenvalue weighted by atomic mass is 32.1. The number of rotatable bonds is 8. The Morgan fingerprint density at radius 3 is 2.50 bits per heavy atom. The molecule has 1 saturated heterocycles. The number of halogens is 2. The molecule has 0 bridgehead atoms. The molecule has 10 heteroatoms. The van der Waals surface area contributed by atoms with Crippen molar-refractivity contribution in [2.24, 2.45) is 5.10 Å². The number of nitrogens with zero attached hydrogens (tertiary/aromatic N) is 4. The van der Waals surface area contributed by atoms with E-state index in [4.69, 9.17) is 4.74 Å². The third-order valence-corrected chi connectivity index (χ3v) is 7.60. The molecule has 2 amide bonds. The molecule has 0 radical (unpaired) electrons. The van der Waals surface area contributed by atoms with Crippen LogP contribution < -0.4 is 0 Å². The van der Waals surface area contributed by atoms with Crippen LogP contribution in [0.1, 0.15) is 33.3 Å². The van der Waals surface area contributed by atoms with Gasteiger partial charge in [0.1, 0.15) is 18.2 Å². The van der Waals surface area contributed by atoms with E-state index in [1.807, 2.05) is 5.38 Å². The van der Waals surface area contributed by atoms with Gasteiger partial charge >= 0.3 is 0 Å². The van der Waals surface area contributed by atoms with E-state index < -0.39 is 17.8 Å². The fourth-order valence-corrected chi connectivity index (χ4v) is 5.37. The molecule has 2 aromatic carbocycles. The number of amides is 2. The first-order valence-corrected chi connectivity index (χ1v) is 13.4. The summed E-state index contributed by atoms with van der Waals surface area (Å²) in [6.45, 7) is 3.56. The molecule has 1 aromatic heterocycles. The smallest absolute Gasteiger partial charge is 0.264 e. The van der Waals surface area contributed by atoms with Crippen LogP contribution in [-0.2, 0) is 9.53 Å². The SMILES string of the molecule is O=C(c1cccs1)N(CCN1CCOCC1)CC(=O)N1N=C(c2ccc(F)cc2)C[C@H]1c1ccccc1F. The lowest BCUT2D eigenvalue weighted by atomic mass is 9.98. The van der Waals surface area contributed by atoms with Gasteiger partial charge in [-0.15, -0.1) is 11.3 Å². The van der Waals surface area contributed by atoms with Gasteiger partial charge < -0.3 is 9.64 Å². The number of morpholine rings is 1. The second-order valence-corrected chi connectivity index (χ2v) is 10.1. The zero-order chi connectivity index (χ0) is 26.5. The van der Waals surface area contributed by atoms with Gasteiger partial charge in [-0.2, -0.15) is 5.10 Å². The van der Waals surface area contributed by atoms with Crippen LogP contribution in [0.25, 0.3) is 0 Å². The van der Waals surface area contributed by atoms with Gasteiger partial charge in [0.05, 0.1) is 29.8 Å². The zero-order valence-electron chi connectivity index (χ0n) is 20.8. The first-order valence-electron chi connectivity index (χ1n) is 12.5. The van der Waals surface area contributed by atoms with Crippen LogP contribution in [0.15, 0.2) is 71.1 Å². The average molecular weight is 539 g/mol. The standard InChI is InChI=1S/C28H28F2N4O3S/c29-21-9-7-20(8-10-21)24-18-25(22-4-1-2-5-23(22)30)34(31-24)27(35)19-33(28(36)26-6-3-17-38-26)12-11-32-13-15-37-16-14-32/h1-10,17,25H,11-16,18-19H2/t25-/m0/s1. The maximum absolute atomic E-state index is 14.8. The van der Waals surface area contributed by atoms with Crippen LogP contribution >= 0.6 is 11.3 Å². The molecule has 1 fully saturated rings. The van der Waals surface area contributed by atoms with Gasteiger partial charge in [-0.05, 0) is 35.2 Å². The maximum Gasteiger partial charge on any atom is 0.264 e. The summed E-state index contributed by atoms with van der Waals surface area (Å²) in [5, 5.41) is 7.66. The molecule has 0 unspecified atom stereocenters. The topological polar surface area (TPSA) is 65.5 Å². The van der Waals surface area contributed by atoms with Crippen LogP contribution in [0.2, 0.25) is 0 Å². The zero-order valence-corrected chi connectivity index (χ0v) is 21.6. The Morgan fingerprint density at radius 2 is 1.79 bits per heavy atom. The van der Waals surface area contributed by atoms with Crippen molar-refractivity contribution in [1.82, 2.24) is 14.8 Å². The van der Waals surface area contributed by atoms with E-state index in [2.05, 4.69) is 10.0 Å². The van der Waals surface area contributed by atoms with Gasteiger partial charge in [0.15, 0.2) is 0 Å². The Balaban J connectivity index is 1.40. The molecule has 5 rings (SSSR count). The fraction of sp³-hybridized carbons (Fsp3) is 0.321. The van der Waals surface area contributed by atoms with E-state index in [0.29, 0.717) is 48.0 Å². The van der Waals surface area contributed by atoms with Gasteiger partial charge in [0.25, 0.3) is 11.8 Å². The van der Waals surface area contributed by atoms with E-state index >= 15 is 0 Å². The molecule has 1 atom stereocenters. The van der Waals surface area contributed by atoms with Crippen molar-refractivity contribution >= 4 is 28.9 Å². The summed E-state index contributed by atoms with van der Waals surface area (Å²) < 4.78 is 33.8. The van der Waals surface area contributed by atoms with Gasteiger partial charge in [-0.25, -0.2) is 13.8 Å². The lowest BCUT2D eigenvalue weighted by Crippen LogP contribution is -2.46. The van der Waals surface area contributed by atoms with Gasteiger partial charge in [0.2, 0.25) is 0 Å². The molecule has 0 saturated carbocycles. The highest BCUT2D eigenvalue weighted by Gasteiger charge is 2.36. The molecule has 198 valence electrons. The normalized spacial score (nSPS) is 17.9. The Morgan fingerprint density at radius 1 is 1.03 bits per heavy atom. The Hall–Kier alpha value is -3.47. The number of thiophene rings is 1. The molecule has 7 nitrogen and oxygen atoms in total. The van der Waals surface area contributed by atoms with Crippen molar-refractivity contribution in [2.45, 2.75) is 12.5 Å². The van der Waals surface area contributed by atoms with E-state index in [9.17, 15) is 18.4 Å². The lowest BCUT2D eigenvalue weighted by molar-refractivity contribution is -0.133. The van der Waals surface area contributed by atoms with Crippen LogP contribution in [0.5, 0.6) is 0 Å². The molecule has 2 aliphatic rings. The van der Waals surface area contributed by atoms with E-state index in [-0.39, 0.29) is 24.7 Å². The molecule has 0 spiro atoms. The Labute approximate surface area is 223 Å². The second-order valence-electron chi connectivity index (χ2n) is 9.19. The number of hydrogen-bond acceptors (Lipinski definition) is 6. The van der Waals surface area contributed by atoms with E-state index in [0.717, 1.165) is 13.1 Å². The first kappa shape index (κ1) is 26.1. The summed E-state index contributed by atoms with van der Waals surface area (Å²) >= 11 is 1.32. The summed E-state index contributed by atoms with van der Waals surface area (Å²) in [5.41, 5.74) is 1.55. The monoisotopic (exact) mass is 538 g/mol. The van der Waals surface area contributed by atoms with Crippen LogP contribution in [0.4, 0.5) is 8.78 Å². The number of benzene rings is 2. The Bertz CT molecular complexity index is 1290. The molecule has 0 N–H and O–H groups in total. The van der Waals surface area contributed by atoms with Crippen LogP contribution in [0, 0.1) is 11.6 Å². The summed E-state index contributed by atoms with van der Waals surface area (Å²) in [6, 6.07) is 15.0. The fourth-order valence-electron chi connectivity index (χ4n) is 4.68. The Kier molecular flexibility index (Phi) is 8.21. The van der Waals surface area contributed by atoms with Crippen molar-refractivity contribution in [2.75, 3.05) is 45.9 Å². The molecule has 3 heterocycles. The summed E-state index contributed by atoms with van der Waals surface area (Å²) in [6.07, 6.45) is 0.269. The minimum Gasteiger partial charge on any atom is -0.379 e. The largest absolute Gasteiger partial charge is 0.379 e. The van der Waals surface area contributed by atoms with Crippen molar-refractivity contribution in [3.8, 4) is 0 Å². The average Bonchev–Trinajstić information content (AvgIpc) is 3.63. The summed E-state index contributed by atoms with van der Waals surface area (Å²) in [5.74, 6) is -1.47. The van der Waals surface area contributed by atoms with Gasteiger partial charge in [0, 0.05) is 38.2 Å². The highest BCUT2D eigenvalue weighted by molar-refractivity contribution is 7.12. The minimum atomic E-state index is -0.679. The maximum atomic E-state index is 14.8. The second kappa shape index (κ2) is 11.9. The number of carbonyl (C=O) groups excluding carboxylic acids is 2. The number of hydrogen-bond donors (Lipinski definition) is 0. The molecule has 38 heavy (non-hydrogen) atoms. The van der Waals surface area contributed by atoms with E-state index in [1.54, 1.807) is 42.5 Å². The predicted octanol–water partition coefficient (Wildman–Crippen LogP) is 4.18. The van der Waals surface area contributed by atoms with Gasteiger partial charge in [-0.3, -0.25) is 14.5 Å². The van der Waals surface area contributed by atoms with Crippen molar-refractivity contribution in [3.63, 3.8) is 0 Å². The first-order chi connectivity index (χ1) is 18.5. The highest BCUT2D eigenvalue weighted by Crippen LogP contribution is 2.34. The molecule has 3 aromatic rings. The number of ether oxygens (including phenoxy) is 1. The van der Waals surface area contributed by atoms with Gasteiger partial charge in [-0.1, -0.05) is 36.4 Å². The third-order valence-electron chi connectivity index (χ3n) is 6.74. The summed E-state index contributed by atoms with van der Waals surface area (Å²) in [4.78, 5) is 31.3. The van der Waals surface area contributed by atoms with Crippen LogP contribution in [0.3, 0.4) is 0 Å². The molecule has 2 aliphatic heterocycles. The van der Waals surface area contributed by atoms with E-state index in [1.165, 1.54) is 39.4 Å². The molecular formula is C28H28F2N4O3S. The minimum absolute atomic E-state index is 0.202. The van der Waals surface area contributed by atoms with Crippen molar-refractivity contribution in [3.05, 3.63) is 93.7 Å². The van der Waals surface area contributed by atoms with Crippen molar-refractivity contribution in [1.29, 1.82) is 0 Å². The number of hydrazone groups is 1. The quantitative estimate of drug-likeness (QED) is 0.432. The summed E-state index contributed by atoms with van der Waals surface area (Å²) in [7, 11) is 0. The molecule has 0 aliphatic carbocycles. The lowest BCUT2D eigenvalue weighted by Gasteiger charge is -2.31. The predicted molar refractivity (Wildman–Crippen MR) is 141 cm³/mol. The van der Waals surface area contributed by atoms with Crippen molar-refractivity contribution < 1.29 is 23.1 Å².